The van der Waals surface area contributed by atoms with Gasteiger partial charge in [-0.15, -0.1) is 0 Å². The number of ether oxygens (including phenoxy) is 1. The van der Waals surface area contributed by atoms with Crippen LogP contribution in [0.4, 0.5) is 28.0 Å². The van der Waals surface area contributed by atoms with Gasteiger partial charge in [0.05, 0.1) is 5.56 Å². The molecule has 0 aliphatic carbocycles. The van der Waals surface area contributed by atoms with Crippen molar-refractivity contribution in [3.8, 4) is 0 Å². The summed E-state index contributed by atoms with van der Waals surface area (Å²) in [6.07, 6.45) is -4.90. The van der Waals surface area contributed by atoms with Gasteiger partial charge in [0, 0.05) is 17.8 Å². The van der Waals surface area contributed by atoms with Crippen molar-refractivity contribution in [3.63, 3.8) is 0 Å². The molecule has 25 heavy (non-hydrogen) atoms. The summed E-state index contributed by atoms with van der Waals surface area (Å²) in [5, 5.41) is 5.51. The highest BCUT2D eigenvalue weighted by atomic mass is 19.4. The first-order chi connectivity index (χ1) is 11.2. The lowest BCUT2D eigenvalue weighted by Gasteiger charge is -2.29. The summed E-state index contributed by atoms with van der Waals surface area (Å²) in [5.74, 6) is -1.31. The fraction of sp³-hybridized carbons (Fsp3) is 0.588. The first-order valence-corrected chi connectivity index (χ1v) is 7.81. The minimum absolute atomic E-state index is 0.154. The van der Waals surface area contributed by atoms with Crippen molar-refractivity contribution < 1.29 is 27.1 Å². The van der Waals surface area contributed by atoms with E-state index in [0.29, 0.717) is 6.42 Å². The van der Waals surface area contributed by atoms with Crippen LogP contribution in [-0.2, 0) is 10.9 Å². The van der Waals surface area contributed by atoms with Crippen molar-refractivity contribution in [2.75, 3.05) is 11.9 Å². The number of carbonyl (C=O) groups excluding carboxylic acids is 1. The Balaban J connectivity index is 2.60. The number of nitrogens with one attached hydrogen (secondary N) is 2. The molecule has 0 radical (unpaired) electrons. The predicted octanol–water partition coefficient (Wildman–Crippen LogP) is 4.95. The third-order valence-electron chi connectivity index (χ3n) is 3.19. The van der Waals surface area contributed by atoms with Gasteiger partial charge in [-0.3, -0.25) is 0 Å². The van der Waals surface area contributed by atoms with E-state index in [2.05, 4.69) is 10.6 Å². The molecule has 0 bridgehead atoms. The van der Waals surface area contributed by atoms with Crippen LogP contribution in [0.2, 0.25) is 0 Å². The lowest BCUT2D eigenvalue weighted by molar-refractivity contribution is -0.139. The second-order valence-corrected chi connectivity index (χ2v) is 7.38. The van der Waals surface area contributed by atoms with Gasteiger partial charge < -0.3 is 15.4 Å². The van der Waals surface area contributed by atoms with E-state index < -0.39 is 34.8 Å². The summed E-state index contributed by atoms with van der Waals surface area (Å²) in [4.78, 5) is 11.8. The molecule has 0 aromatic heterocycles. The Morgan fingerprint density at radius 2 is 1.72 bits per heavy atom. The summed E-state index contributed by atoms with van der Waals surface area (Å²) >= 11 is 0. The molecule has 0 fully saturated rings. The highest BCUT2D eigenvalue weighted by Crippen LogP contribution is 2.33. The molecule has 0 aliphatic heterocycles. The molecule has 0 unspecified atom stereocenters. The van der Waals surface area contributed by atoms with Crippen molar-refractivity contribution in [1.82, 2.24) is 5.32 Å². The van der Waals surface area contributed by atoms with Crippen LogP contribution in [0.3, 0.4) is 0 Å². The molecule has 142 valence electrons. The Bertz CT molecular complexity index is 608. The predicted molar refractivity (Wildman–Crippen MR) is 88.0 cm³/mol. The maximum absolute atomic E-state index is 13.2. The van der Waals surface area contributed by atoms with Crippen LogP contribution in [0.5, 0.6) is 0 Å². The number of alkyl carbamates (subject to hydrolysis) is 1. The largest absolute Gasteiger partial charge is 0.444 e. The topological polar surface area (TPSA) is 50.4 Å². The lowest BCUT2D eigenvalue weighted by atomic mass is 10.0. The minimum atomic E-state index is -4.75. The van der Waals surface area contributed by atoms with Gasteiger partial charge in [-0.1, -0.05) is 0 Å². The number of carbonyl (C=O) groups is 1. The number of hydrogen-bond acceptors (Lipinski definition) is 3. The molecule has 0 aliphatic rings. The summed E-state index contributed by atoms with van der Waals surface area (Å²) < 4.78 is 56.5. The molecule has 0 atom stereocenters. The van der Waals surface area contributed by atoms with E-state index in [4.69, 9.17) is 4.74 Å². The maximum Gasteiger partial charge on any atom is 0.419 e. The monoisotopic (exact) mass is 364 g/mol. The number of hydrogen-bond donors (Lipinski definition) is 2. The Morgan fingerprint density at radius 1 is 1.12 bits per heavy atom. The number of benzene rings is 1. The summed E-state index contributed by atoms with van der Waals surface area (Å²) in [6, 6.07) is 2.73. The van der Waals surface area contributed by atoms with Crippen molar-refractivity contribution >= 4 is 11.8 Å². The first kappa shape index (κ1) is 21.1. The Kier molecular flexibility index (Phi) is 6.31. The van der Waals surface area contributed by atoms with E-state index in [-0.39, 0.29) is 12.2 Å². The average molecular weight is 364 g/mol. The van der Waals surface area contributed by atoms with Gasteiger partial charge in [0.2, 0.25) is 0 Å². The van der Waals surface area contributed by atoms with Gasteiger partial charge in [0.15, 0.2) is 0 Å². The van der Waals surface area contributed by atoms with E-state index in [1.165, 1.54) is 6.07 Å². The third kappa shape index (κ3) is 7.62. The SMILES string of the molecule is CC(C)(CCNc1ccc(F)c(C(F)(F)F)c1)NC(=O)OC(C)(C)C. The van der Waals surface area contributed by atoms with Gasteiger partial charge in [0.1, 0.15) is 11.4 Å². The molecular formula is C17H24F4N2O2. The molecular weight excluding hydrogens is 340 g/mol. The summed E-state index contributed by atoms with van der Waals surface area (Å²) in [7, 11) is 0. The summed E-state index contributed by atoms with van der Waals surface area (Å²) in [5.41, 5.74) is -2.42. The minimum Gasteiger partial charge on any atom is -0.444 e. The quantitative estimate of drug-likeness (QED) is 0.727. The van der Waals surface area contributed by atoms with Crippen LogP contribution in [0.1, 0.15) is 46.6 Å². The van der Waals surface area contributed by atoms with Crippen molar-refractivity contribution in [1.29, 1.82) is 0 Å². The number of alkyl halides is 3. The van der Waals surface area contributed by atoms with Crippen LogP contribution >= 0.6 is 0 Å². The highest BCUT2D eigenvalue weighted by molar-refractivity contribution is 5.68. The van der Waals surface area contributed by atoms with E-state index in [0.717, 1.165) is 12.1 Å². The normalized spacial score (nSPS) is 12.7. The zero-order valence-electron chi connectivity index (χ0n) is 15.0. The van der Waals surface area contributed by atoms with Gasteiger partial charge in [0.25, 0.3) is 0 Å². The number of anilines is 1. The number of amides is 1. The molecule has 1 rings (SSSR count). The molecule has 1 amide bonds. The fourth-order valence-corrected chi connectivity index (χ4v) is 2.01. The Morgan fingerprint density at radius 3 is 2.24 bits per heavy atom. The Hall–Kier alpha value is -1.99. The number of halogens is 4. The molecule has 2 N–H and O–H groups in total. The van der Waals surface area contributed by atoms with E-state index in [1.54, 1.807) is 34.6 Å². The van der Waals surface area contributed by atoms with Crippen molar-refractivity contribution in [2.24, 2.45) is 0 Å². The van der Waals surface area contributed by atoms with E-state index >= 15 is 0 Å². The van der Waals surface area contributed by atoms with E-state index in [1.807, 2.05) is 0 Å². The van der Waals surface area contributed by atoms with Gasteiger partial charge >= 0.3 is 12.3 Å². The van der Waals surface area contributed by atoms with Crippen molar-refractivity contribution in [3.05, 3.63) is 29.6 Å². The zero-order chi connectivity index (χ0) is 19.5. The summed E-state index contributed by atoms with van der Waals surface area (Å²) in [6.45, 7) is 9.05. The van der Waals surface area contributed by atoms with Crippen LogP contribution in [0.25, 0.3) is 0 Å². The molecule has 4 nitrogen and oxygen atoms in total. The smallest absolute Gasteiger partial charge is 0.419 e. The van der Waals surface area contributed by atoms with Crippen LogP contribution < -0.4 is 10.6 Å². The Labute approximate surface area is 144 Å². The molecule has 1 aromatic rings. The fourth-order valence-electron chi connectivity index (χ4n) is 2.01. The average Bonchev–Trinajstić information content (AvgIpc) is 2.36. The van der Waals surface area contributed by atoms with Crippen LogP contribution in [-0.4, -0.2) is 23.8 Å². The van der Waals surface area contributed by atoms with Crippen LogP contribution in [0.15, 0.2) is 18.2 Å². The molecule has 1 aromatic carbocycles. The standard InChI is InChI=1S/C17H24F4N2O2/c1-15(2,3)25-14(24)23-16(4,5)8-9-22-11-6-7-13(18)12(10-11)17(19,20)21/h6-7,10,22H,8-9H2,1-5H3,(H,23,24). The van der Waals surface area contributed by atoms with Gasteiger partial charge in [-0.05, 0) is 59.2 Å². The maximum atomic E-state index is 13.2. The zero-order valence-corrected chi connectivity index (χ0v) is 15.0. The molecule has 8 heteroatoms. The van der Waals surface area contributed by atoms with Crippen LogP contribution in [0, 0.1) is 5.82 Å². The second-order valence-electron chi connectivity index (χ2n) is 7.38. The first-order valence-electron chi connectivity index (χ1n) is 7.81. The van der Waals surface area contributed by atoms with Crippen molar-refractivity contribution in [2.45, 2.75) is 58.4 Å². The highest BCUT2D eigenvalue weighted by Gasteiger charge is 2.34. The molecule has 0 heterocycles. The molecule has 0 saturated heterocycles. The van der Waals surface area contributed by atoms with Gasteiger partial charge in [-0.2, -0.15) is 13.2 Å². The van der Waals surface area contributed by atoms with Gasteiger partial charge in [-0.25, -0.2) is 9.18 Å². The second kappa shape index (κ2) is 7.49. The lowest BCUT2D eigenvalue weighted by Crippen LogP contribution is -2.46. The number of rotatable bonds is 5. The van der Waals surface area contributed by atoms with E-state index in [9.17, 15) is 22.4 Å². The molecule has 0 saturated carbocycles. The molecule has 0 spiro atoms. The third-order valence-corrected chi connectivity index (χ3v) is 3.19.